The number of hydrogen-bond donors (Lipinski definition) is 2. The van der Waals surface area contributed by atoms with Gasteiger partial charge in [-0.15, -0.1) is 0 Å². The van der Waals surface area contributed by atoms with Gasteiger partial charge in [0.25, 0.3) is 0 Å². The second-order valence-corrected chi connectivity index (χ2v) is 14.6. The topological polar surface area (TPSA) is 119 Å². The van der Waals surface area contributed by atoms with Crippen LogP contribution >= 0.6 is 8.73 Å². The van der Waals surface area contributed by atoms with Gasteiger partial charge in [-0.3, -0.25) is 0 Å². The fraction of sp³-hybridized carbons (Fsp3) is 0.577. The first-order chi connectivity index (χ1) is 19.5. The van der Waals surface area contributed by atoms with Crippen LogP contribution in [0.15, 0.2) is 30.3 Å². The van der Waals surface area contributed by atoms with Crippen LogP contribution < -0.4 is 10.6 Å². The number of rotatable bonds is 15. The average molecular weight is 581 g/mol. The van der Waals surface area contributed by atoms with Crippen LogP contribution in [-0.4, -0.2) is 95.7 Å². The number of benzene rings is 1. The molecule has 2 unspecified atom stereocenters. The van der Waals surface area contributed by atoms with Gasteiger partial charge in [-0.1, -0.05) is 18.2 Å². The normalized spacial score (nSPS) is 12.7. The molecule has 0 saturated carbocycles. The van der Waals surface area contributed by atoms with E-state index in [-0.39, 0.29) is 49.7 Å². The molecule has 0 aliphatic carbocycles. The molecule has 1 aromatic rings. The van der Waals surface area contributed by atoms with E-state index in [2.05, 4.69) is 10.6 Å². The number of Topliss-reactive ketones (excluding diaryl/α,β-unsaturated/α-hetero) is 2. The molecule has 1 aromatic carbocycles. The van der Waals surface area contributed by atoms with E-state index < -0.39 is 49.2 Å². The van der Waals surface area contributed by atoms with Crippen LogP contribution in [0.25, 0.3) is 0 Å². The molecule has 0 spiro atoms. The molecule has 2 amide bonds. The molecule has 0 aliphatic rings. The standard InChI is InChI=1S/C26H37B7N2O6S/c1-17(2)13-21(22(37)11-12-23(38)42(31-27,32-28)33(29)30)35-24(39)19(14-18-9-7-6-8-10-18)15-20(36)16-34-25(40)41-26(3,4)5/h6-10,17,19,21H,11-16H2,1-5H3,(H,34,40)(H,35,39). The fourth-order valence-electron chi connectivity index (χ4n) is 4.13. The van der Waals surface area contributed by atoms with Gasteiger partial charge >= 0.3 is 199 Å². The number of carbonyl (C=O) groups excluding carboxylic acids is 5. The molecule has 2 atom stereocenters. The number of carbonyl (C=O) groups is 5. The van der Waals surface area contributed by atoms with Gasteiger partial charge in [0.05, 0.1) is 0 Å². The van der Waals surface area contributed by atoms with Crippen molar-refractivity contribution in [3.05, 3.63) is 35.9 Å². The summed E-state index contributed by atoms with van der Waals surface area (Å²) in [4.78, 5) is 64.5. The summed E-state index contributed by atoms with van der Waals surface area (Å²) in [5, 5.41) is 4.80. The van der Waals surface area contributed by atoms with Crippen molar-refractivity contribution < 1.29 is 28.7 Å². The summed E-state index contributed by atoms with van der Waals surface area (Å²) in [5.41, 5.74) is 0.104. The Kier molecular flexibility index (Phi) is 16.0. The van der Waals surface area contributed by atoms with Crippen LogP contribution in [0.5, 0.6) is 0 Å². The van der Waals surface area contributed by atoms with Crippen molar-refractivity contribution in [3.8, 4) is 0 Å². The van der Waals surface area contributed by atoms with Gasteiger partial charge < -0.3 is 10.1 Å². The summed E-state index contributed by atoms with van der Waals surface area (Å²) in [5.74, 6) is -3.08. The molecule has 0 aromatic heterocycles. The first-order valence-corrected chi connectivity index (χ1v) is 15.7. The Morgan fingerprint density at radius 2 is 1.60 bits per heavy atom. The van der Waals surface area contributed by atoms with E-state index in [1.807, 2.05) is 44.2 Å². The Morgan fingerprint density at radius 3 is 2.10 bits per heavy atom. The molecule has 8 radical (unpaired) electrons. The molecular formula is C26H37B7N2O6S. The fourth-order valence-corrected chi connectivity index (χ4v) is 5.64. The third-order valence-electron chi connectivity index (χ3n) is 6.28. The summed E-state index contributed by atoms with van der Waals surface area (Å²) >= 11 is 0. The van der Waals surface area contributed by atoms with Gasteiger partial charge in [0, 0.05) is 0 Å². The van der Waals surface area contributed by atoms with E-state index in [4.69, 9.17) is 35.7 Å². The zero-order valence-electron chi connectivity index (χ0n) is 25.3. The zero-order valence-corrected chi connectivity index (χ0v) is 26.1. The molecule has 0 saturated heterocycles. The third-order valence-corrected chi connectivity index (χ3v) is 9.08. The first-order valence-electron chi connectivity index (χ1n) is 13.9. The van der Waals surface area contributed by atoms with Crippen LogP contribution in [0, 0.1) is 11.8 Å². The summed E-state index contributed by atoms with van der Waals surface area (Å²) in [7, 11) is 20.2. The molecule has 0 heterocycles. The number of amides is 2. The molecule has 2 N–H and O–H groups in total. The number of ether oxygens (including phenoxy) is 1. The van der Waals surface area contributed by atoms with Crippen LogP contribution in [0.4, 0.5) is 4.79 Å². The predicted octanol–water partition coefficient (Wildman–Crippen LogP) is 1.27. The van der Waals surface area contributed by atoms with Crippen molar-refractivity contribution >= 4 is 86.2 Å². The Morgan fingerprint density at radius 1 is 1.00 bits per heavy atom. The van der Waals surface area contributed by atoms with Crippen molar-refractivity contribution in [2.75, 3.05) is 6.54 Å². The average Bonchev–Trinajstić information content (AvgIpc) is 2.90. The third kappa shape index (κ3) is 13.0. The van der Waals surface area contributed by atoms with Crippen molar-refractivity contribution in [1.29, 1.82) is 0 Å². The van der Waals surface area contributed by atoms with Crippen LogP contribution in [-0.2, 0) is 30.3 Å². The minimum absolute atomic E-state index is 0.0408. The van der Waals surface area contributed by atoms with Gasteiger partial charge in [-0.25, -0.2) is 4.79 Å². The minimum atomic E-state index is -2.61. The van der Waals surface area contributed by atoms with Gasteiger partial charge in [0.2, 0.25) is 0 Å². The molecule has 42 heavy (non-hydrogen) atoms. The Balaban J connectivity index is 3.07. The molecule has 0 fully saturated rings. The van der Waals surface area contributed by atoms with Crippen molar-refractivity contribution in [3.63, 3.8) is 0 Å². The zero-order chi connectivity index (χ0) is 32.1. The van der Waals surface area contributed by atoms with Gasteiger partial charge in [0.1, 0.15) is 5.60 Å². The molecule has 0 bridgehead atoms. The van der Waals surface area contributed by atoms with E-state index in [1.54, 1.807) is 20.8 Å². The molecule has 214 valence electrons. The van der Waals surface area contributed by atoms with Gasteiger partial charge in [0.15, 0.2) is 0 Å². The van der Waals surface area contributed by atoms with Crippen molar-refractivity contribution in [1.82, 2.24) is 10.6 Å². The monoisotopic (exact) mass is 582 g/mol. The van der Waals surface area contributed by atoms with Gasteiger partial charge in [-0.05, 0) is 20.8 Å². The Hall–Kier alpha value is -2.23. The summed E-state index contributed by atoms with van der Waals surface area (Å²) in [6, 6.07) is 10.5. The number of hydrogen-bond acceptors (Lipinski definition) is 6. The van der Waals surface area contributed by atoms with Crippen molar-refractivity contribution in [2.24, 2.45) is 11.8 Å². The predicted molar refractivity (Wildman–Crippen MR) is 176 cm³/mol. The molecular weight excluding hydrogens is 544 g/mol. The first kappa shape index (κ1) is 37.8. The van der Waals surface area contributed by atoms with Crippen LogP contribution in [0.3, 0.4) is 0 Å². The number of ketones is 2. The minimum Gasteiger partial charge on any atom is -0.0622 e. The van der Waals surface area contributed by atoms with Crippen LogP contribution in [0.2, 0.25) is 0 Å². The maximum absolute atomic E-state index is 13.5. The molecule has 8 nitrogen and oxygen atoms in total. The molecule has 1 rings (SSSR count). The number of nitrogens with one attached hydrogen (secondary N) is 2. The van der Waals surface area contributed by atoms with E-state index >= 15 is 0 Å². The van der Waals surface area contributed by atoms with E-state index in [1.165, 1.54) is 0 Å². The second-order valence-electron chi connectivity index (χ2n) is 11.5. The quantitative estimate of drug-likeness (QED) is 0.302. The Bertz CT molecular complexity index is 1220. The maximum atomic E-state index is 13.5. The van der Waals surface area contributed by atoms with E-state index in [9.17, 15) is 24.0 Å². The van der Waals surface area contributed by atoms with Gasteiger partial charge in [-0.2, -0.15) is 0 Å². The number of alkyl carbamates (subject to hydrolysis) is 1. The summed E-state index contributed by atoms with van der Waals surface area (Å²) in [6.45, 7) is 8.61. The summed E-state index contributed by atoms with van der Waals surface area (Å²) < 4.78 is 5.17. The molecule has 0 aliphatic heterocycles. The molecule has 16 heteroatoms. The van der Waals surface area contributed by atoms with E-state index in [0.717, 1.165) is 17.7 Å². The SMILES string of the molecule is [B]B=S(=B[B])(B([B])[B])C(=O)CCC(=O)C(CC(C)C)NC(=O)C(CC(=O)CNC(=O)OC(C)(C)C)Cc1ccccc1. The van der Waals surface area contributed by atoms with Crippen LogP contribution in [0.1, 0.15) is 65.9 Å². The Labute approximate surface area is 257 Å². The second kappa shape index (κ2) is 17.8. The summed E-state index contributed by atoms with van der Waals surface area (Å²) in [6.07, 6.45) is -0.722. The van der Waals surface area contributed by atoms with Crippen molar-refractivity contribution in [2.45, 2.75) is 78.4 Å². The smallest absolute Gasteiger partial charge is 0.0622 e. The van der Waals surface area contributed by atoms with E-state index in [0.29, 0.717) is 6.42 Å².